The molecule has 5 rings (SSSR count). The quantitative estimate of drug-likeness (QED) is 0.544. The topological polar surface area (TPSA) is 62.1 Å². The number of fused-ring (bicyclic) bond motifs is 1. The lowest BCUT2D eigenvalue weighted by Crippen LogP contribution is -2.34. The highest BCUT2D eigenvalue weighted by Gasteiger charge is 2.24. The molecule has 2 aromatic heterocycles. The van der Waals surface area contributed by atoms with Crippen LogP contribution in [0.25, 0.3) is 27.7 Å². The minimum Gasteiger partial charge on any atom is -0.360 e. The van der Waals surface area contributed by atoms with Crippen LogP contribution in [-0.4, -0.2) is 34.0 Å². The van der Waals surface area contributed by atoms with Gasteiger partial charge in [0.05, 0.1) is 0 Å². The van der Waals surface area contributed by atoms with E-state index in [1.54, 1.807) is 17.0 Å². The predicted octanol–water partition coefficient (Wildman–Crippen LogP) is 4.89. The minimum absolute atomic E-state index is 0.170. The molecule has 0 fully saturated rings. The van der Waals surface area contributed by atoms with Crippen LogP contribution in [0, 0.1) is 5.82 Å². The lowest BCUT2D eigenvalue weighted by atomic mass is 9.99. The number of hydrogen-bond donors (Lipinski definition) is 1. The smallest absolute Gasteiger partial charge is 0.292 e. The van der Waals surface area contributed by atoms with Gasteiger partial charge in [-0.3, -0.25) is 4.79 Å². The third-order valence-corrected chi connectivity index (χ3v) is 5.28. The highest BCUT2D eigenvalue weighted by Crippen LogP contribution is 2.30. The van der Waals surface area contributed by atoms with Gasteiger partial charge in [0.1, 0.15) is 11.5 Å². The molecule has 1 amide bonds. The van der Waals surface area contributed by atoms with Crippen LogP contribution in [0.3, 0.4) is 0 Å². The second-order valence-corrected chi connectivity index (χ2v) is 7.07. The molecule has 0 spiro atoms. The maximum atomic E-state index is 13.4. The third-order valence-electron chi connectivity index (χ3n) is 5.28. The number of amides is 1. The SMILES string of the molecule is O=C(c1cc(-c2ccccc2)no1)N1CC=C(c2c[nH]c3cc(F)ccc23)CC1. The number of carbonyl (C=O) groups excluding carboxylic acids is 1. The van der Waals surface area contributed by atoms with Gasteiger partial charge in [0.2, 0.25) is 5.76 Å². The van der Waals surface area contributed by atoms with Gasteiger partial charge in [0.15, 0.2) is 0 Å². The van der Waals surface area contributed by atoms with Crippen LogP contribution in [0.15, 0.2) is 71.4 Å². The van der Waals surface area contributed by atoms with Gasteiger partial charge < -0.3 is 14.4 Å². The van der Waals surface area contributed by atoms with Gasteiger partial charge in [0, 0.05) is 47.4 Å². The summed E-state index contributed by atoms with van der Waals surface area (Å²) in [6.07, 6.45) is 4.66. The highest BCUT2D eigenvalue weighted by atomic mass is 19.1. The van der Waals surface area contributed by atoms with E-state index in [4.69, 9.17) is 4.52 Å². The van der Waals surface area contributed by atoms with Crippen LogP contribution in [0.5, 0.6) is 0 Å². The summed E-state index contributed by atoms with van der Waals surface area (Å²) in [6, 6.07) is 16.0. The molecule has 3 heterocycles. The van der Waals surface area contributed by atoms with E-state index < -0.39 is 0 Å². The van der Waals surface area contributed by atoms with E-state index in [-0.39, 0.29) is 17.5 Å². The Balaban J connectivity index is 1.34. The first-order valence-corrected chi connectivity index (χ1v) is 9.46. The van der Waals surface area contributed by atoms with Gasteiger partial charge in [-0.2, -0.15) is 0 Å². The van der Waals surface area contributed by atoms with Crippen molar-refractivity contribution >= 4 is 22.4 Å². The molecule has 0 atom stereocenters. The zero-order chi connectivity index (χ0) is 19.8. The van der Waals surface area contributed by atoms with Gasteiger partial charge in [-0.1, -0.05) is 41.6 Å². The molecule has 0 saturated heterocycles. The van der Waals surface area contributed by atoms with Gasteiger partial charge in [-0.25, -0.2) is 4.39 Å². The number of aromatic nitrogens is 2. The van der Waals surface area contributed by atoms with E-state index >= 15 is 0 Å². The second-order valence-electron chi connectivity index (χ2n) is 7.07. The van der Waals surface area contributed by atoms with Crippen LogP contribution in [0.4, 0.5) is 4.39 Å². The largest absolute Gasteiger partial charge is 0.360 e. The molecule has 1 aliphatic heterocycles. The van der Waals surface area contributed by atoms with Crippen molar-refractivity contribution in [2.45, 2.75) is 6.42 Å². The zero-order valence-corrected chi connectivity index (χ0v) is 15.6. The molecule has 4 aromatic rings. The molecular weight excluding hydrogens is 369 g/mol. The number of hydrogen-bond acceptors (Lipinski definition) is 3. The Morgan fingerprint density at radius 1 is 1.14 bits per heavy atom. The summed E-state index contributed by atoms with van der Waals surface area (Å²) >= 11 is 0. The summed E-state index contributed by atoms with van der Waals surface area (Å²) in [6.45, 7) is 1.07. The molecule has 2 aromatic carbocycles. The fourth-order valence-corrected chi connectivity index (χ4v) is 3.74. The summed E-state index contributed by atoms with van der Waals surface area (Å²) in [5, 5.41) is 5.01. The molecule has 1 aliphatic rings. The summed E-state index contributed by atoms with van der Waals surface area (Å²) in [5.74, 6) is -0.193. The van der Waals surface area contributed by atoms with Crippen molar-refractivity contribution in [1.82, 2.24) is 15.0 Å². The Labute approximate surface area is 166 Å². The van der Waals surface area contributed by atoms with Crippen molar-refractivity contribution in [2.24, 2.45) is 0 Å². The van der Waals surface area contributed by atoms with Crippen LogP contribution in [-0.2, 0) is 0 Å². The van der Waals surface area contributed by atoms with Crippen molar-refractivity contribution in [3.63, 3.8) is 0 Å². The van der Waals surface area contributed by atoms with Crippen molar-refractivity contribution in [3.8, 4) is 11.3 Å². The molecule has 0 radical (unpaired) electrons. The molecule has 29 heavy (non-hydrogen) atoms. The molecular formula is C23H18FN3O2. The van der Waals surface area contributed by atoms with E-state index in [2.05, 4.69) is 10.1 Å². The predicted molar refractivity (Wildman–Crippen MR) is 109 cm³/mol. The second kappa shape index (κ2) is 7.05. The Morgan fingerprint density at radius 2 is 2.00 bits per heavy atom. The highest BCUT2D eigenvalue weighted by molar-refractivity contribution is 5.95. The number of aromatic amines is 1. The van der Waals surface area contributed by atoms with E-state index in [0.29, 0.717) is 18.8 Å². The van der Waals surface area contributed by atoms with Crippen LogP contribution in [0.1, 0.15) is 22.5 Å². The Kier molecular flexibility index (Phi) is 4.24. The fourth-order valence-electron chi connectivity index (χ4n) is 3.74. The Bertz CT molecular complexity index is 1220. The summed E-state index contributed by atoms with van der Waals surface area (Å²) in [7, 11) is 0. The van der Waals surface area contributed by atoms with Gasteiger partial charge >= 0.3 is 0 Å². The van der Waals surface area contributed by atoms with Gasteiger partial charge in [0.25, 0.3) is 5.91 Å². The number of H-pyrrole nitrogens is 1. The normalized spacial score (nSPS) is 14.2. The van der Waals surface area contributed by atoms with Crippen molar-refractivity contribution in [2.75, 3.05) is 13.1 Å². The molecule has 144 valence electrons. The molecule has 6 heteroatoms. The maximum Gasteiger partial charge on any atom is 0.292 e. The van der Waals surface area contributed by atoms with E-state index in [1.807, 2.05) is 42.6 Å². The summed E-state index contributed by atoms with van der Waals surface area (Å²) in [5.41, 5.74) is 4.53. The Morgan fingerprint density at radius 3 is 2.79 bits per heavy atom. The summed E-state index contributed by atoms with van der Waals surface area (Å²) < 4.78 is 18.7. The monoisotopic (exact) mass is 387 g/mol. The van der Waals surface area contributed by atoms with Crippen LogP contribution >= 0.6 is 0 Å². The number of rotatable bonds is 3. The van der Waals surface area contributed by atoms with E-state index in [0.717, 1.165) is 34.0 Å². The van der Waals surface area contributed by atoms with Crippen LogP contribution < -0.4 is 0 Å². The molecule has 0 aliphatic carbocycles. The molecule has 0 unspecified atom stereocenters. The number of carbonyl (C=O) groups is 1. The lowest BCUT2D eigenvalue weighted by Gasteiger charge is -2.25. The molecule has 1 N–H and O–H groups in total. The average Bonchev–Trinajstić information content (AvgIpc) is 3.41. The van der Waals surface area contributed by atoms with Gasteiger partial charge in [-0.05, 0) is 30.2 Å². The minimum atomic E-state index is -0.262. The number of nitrogens with one attached hydrogen (secondary N) is 1. The number of benzene rings is 2. The maximum absolute atomic E-state index is 13.4. The first-order chi connectivity index (χ1) is 14.2. The molecule has 5 nitrogen and oxygen atoms in total. The zero-order valence-electron chi connectivity index (χ0n) is 15.6. The number of halogens is 1. The van der Waals surface area contributed by atoms with Gasteiger partial charge in [-0.15, -0.1) is 0 Å². The third kappa shape index (κ3) is 3.23. The summed E-state index contributed by atoms with van der Waals surface area (Å²) in [4.78, 5) is 17.7. The van der Waals surface area contributed by atoms with Crippen molar-refractivity contribution in [3.05, 3.63) is 84.0 Å². The van der Waals surface area contributed by atoms with Crippen molar-refractivity contribution in [1.29, 1.82) is 0 Å². The fraction of sp³-hybridized carbons (Fsp3) is 0.130. The molecule has 0 bridgehead atoms. The van der Waals surface area contributed by atoms with E-state index in [9.17, 15) is 9.18 Å². The number of nitrogens with zero attached hydrogens (tertiary/aromatic N) is 2. The Hall–Kier alpha value is -3.67. The molecule has 0 saturated carbocycles. The average molecular weight is 387 g/mol. The standard InChI is InChI=1S/C23H18FN3O2/c24-17-6-7-18-19(14-25-21(18)12-17)15-8-10-27(11-9-15)23(28)22-13-20(26-29-22)16-4-2-1-3-5-16/h1-8,12-14,25H,9-11H2. The van der Waals surface area contributed by atoms with E-state index in [1.165, 1.54) is 12.1 Å². The first kappa shape index (κ1) is 17.4. The van der Waals surface area contributed by atoms with Crippen LogP contribution in [0.2, 0.25) is 0 Å². The first-order valence-electron chi connectivity index (χ1n) is 9.46. The van der Waals surface area contributed by atoms with Crippen molar-refractivity contribution < 1.29 is 13.7 Å². The lowest BCUT2D eigenvalue weighted by molar-refractivity contribution is 0.0731.